The van der Waals surface area contributed by atoms with Crippen molar-refractivity contribution in [2.75, 3.05) is 0 Å². The molecule has 0 saturated carbocycles. The van der Waals surface area contributed by atoms with Crippen LogP contribution in [0.1, 0.15) is 22.8 Å². The molecule has 0 heterocycles. The summed E-state index contributed by atoms with van der Waals surface area (Å²) in [7, 11) is 0. The fraction of sp³-hybridized carbons (Fsp3) is 0.273. The Morgan fingerprint density at radius 2 is 2.12 bits per heavy atom. The molecule has 5 N–H and O–H groups in total. The van der Waals surface area contributed by atoms with Crippen LogP contribution in [0.5, 0.6) is 0 Å². The summed E-state index contributed by atoms with van der Waals surface area (Å²) >= 11 is 0. The average molecular weight is 221 g/mol. The minimum absolute atomic E-state index is 0.332. The van der Waals surface area contributed by atoms with Gasteiger partial charge in [-0.05, 0) is 24.6 Å². The molecule has 0 spiro atoms. The highest BCUT2D eigenvalue weighted by atomic mass is 16.2. The Morgan fingerprint density at radius 3 is 2.69 bits per heavy atom. The minimum atomic E-state index is -0.686. The number of amides is 2. The molecule has 0 aliphatic carbocycles. The molecular weight excluding hydrogens is 206 g/mol. The third kappa shape index (κ3) is 3.06. The van der Waals surface area contributed by atoms with E-state index in [2.05, 4.69) is 5.32 Å². The number of primary amides is 1. The van der Waals surface area contributed by atoms with Gasteiger partial charge in [-0.3, -0.25) is 9.59 Å². The van der Waals surface area contributed by atoms with Crippen molar-refractivity contribution >= 4 is 11.8 Å². The van der Waals surface area contributed by atoms with Gasteiger partial charge in [-0.15, -0.1) is 0 Å². The Bertz CT molecular complexity index is 404. The van der Waals surface area contributed by atoms with Gasteiger partial charge in [0.15, 0.2) is 0 Å². The third-order valence-corrected chi connectivity index (χ3v) is 2.20. The number of hydrogen-bond acceptors (Lipinski definition) is 3. The summed E-state index contributed by atoms with van der Waals surface area (Å²) in [4.78, 5) is 22.4. The van der Waals surface area contributed by atoms with E-state index in [9.17, 15) is 9.59 Å². The summed E-state index contributed by atoms with van der Waals surface area (Å²) in [5.74, 6) is -0.898. The average Bonchev–Trinajstić information content (AvgIpc) is 2.28. The number of benzene rings is 1. The largest absolute Gasteiger partial charge is 0.368 e. The molecule has 16 heavy (non-hydrogen) atoms. The van der Waals surface area contributed by atoms with Crippen molar-refractivity contribution < 1.29 is 9.59 Å². The van der Waals surface area contributed by atoms with Crippen molar-refractivity contribution in [3.8, 4) is 0 Å². The molecule has 1 aromatic rings. The van der Waals surface area contributed by atoms with Crippen LogP contribution >= 0.6 is 0 Å². The van der Waals surface area contributed by atoms with Crippen LogP contribution in [-0.4, -0.2) is 17.9 Å². The van der Waals surface area contributed by atoms with E-state index in [1.807, 2.05) is 6.07 Å². The predicted octanol–water partition coefficient (Wildman–Crippen LogP) is -0.251. The highest BCUT2D eigenvalue weighted by Gasteiger charge is 2.13. The molecule has 5 nitrogen and oxygen atoms in total. The van der Waals surface area contributed by atoms with Gasteiger partial charge in [-0.1, -0.05) is 12.1 Å². The zero-order valence-corrected chi connectivity index (χ0v) is 9.07. The van der Waals surface area contributed by atoms with E-state index in [1.165, 1.54) is 6.92 Å². The van der Waals surface area contributed by atoms with Gasteiger partial charge in [0.25, 0.3) is 5.91 Å². The van der Waals surface area contributed by atoms with Crippen molar-refractivity contribution in [3.05, 3.63) is 35.4 Å². The first-order valence-corrected chi connectivity index (χ1v) is 4.93. The standard InChI is InChI=1S/C11H15N3O2/c1-7(10(13)15)14-11(16)9-4-2-3-8(5-9)6-12/h2-5,7H,6,12H2,1H3,(H2,13,15)(H,14,16). The second-order valence-corrected chi connectivity index (χ2v) is 3.50. The lowest BCUT2D eigenvalue weighted by Crippen LogP contribution is -2.42. The van der Waals surface area contributed by atoms with Crippen LogP contribution in [0.15, 0.2) is 24.3 Å². The van der Waals surface area contributed by atoms with Crippen molar-refractivity contribution in [2.45, 2.75) is 19.5 Å². The summed E-state index contributed by atoms with van der Waals surface area (Å²) in [5.41, 5.74) is 11.8. The molecule has 0 aliphatic rings. The lowest BCUT2D eigenvalue weighted by molar-refractivity contribution is -0.119. The first-order chi connectivity index (χ1) is 7.54. The number of hydrogen-bond donors (Lipinski definition) is 3. The van der Waals surface area contributed by atoms with E-state index >= 15 is 0 Å². The van der Waals surface area contributed by atoms with Crippen LogP contribution < -0.4 is 16.8 Å². The topological polar surface area (TPSA) is 98.2 Å². The third-order valence-electron chi connectivity index (χ3n) is 2.20. The lowest BCUT2D eigenvalue weighted by Gasteiger charge is -2.10. The van der Waals surface area contributed by atoms with Gasteiger partial charge in [0.05, 0.1) is 0 Å². The van der Waals surface area contributed by atoms with Gasteiger partial charge >= 0.3 is 0 Å². The highest BCUT2D eigenvalue weighted by molar-refractivity contribution is 5.97. The van der Waals surface area contributed by atoms with E-state index in [0.29, 0.717) is 12.1 Å². The summed E-state index contributed by atoms with van der Waals surface area (Å²) < 4.78 is 0. The number of carbonyl (C=O) groups is 2. The van der Waals surface area contributed by atoms with Gasteiger partial charge in [0.1, 0.15) is 6.04 Å². The maximum Gasteiger partial charge on any atom is 0.251 e. The predicted molar refractivity (Wildman–Crippen MR) is 60.5 cm³/mol. The van der Waals surface area contributed by atoms with Gasteiger partial charge in [-0.2, -0.15) is 0 Å². The molecule has 1 aromatic carbocycles. The fourth-order valence-electron chi connectivity index (χ4n) is 1.19. The molecule has 0 aromatic heterocycles. The highest BCUT2D eigenvalue weighted by Crippen LogP contribution is 2.04. The molecule has 0 saturated heterocycles. The molecular formula is C11H15N3O2. The molecule has 86 valence electrons. The van der Waals surface area contributed by atoms with Crippen molar-refractivity contribution in [1.29, 1.82) is 0 Å². The number of carbonyl (C=O) groups excluding carboxylic acids is 2. The Morgan fingerprint density at radius 1 is 1.44 bits per heavy atom. The first-order valence-electron chi connectivity index (χ1n) is 4.93. The normalized spacial score (nSPS) is 11.9. The van der Waals surface area contributed by atoms with Crippen molar-refractivity contribution in [2.24, 2.45) is 11.5 Å². The molecule has 0 bridgehead atoms. The van der Waals surface area contributed by atoms with E-state index < -0.39 is 11.9 Å². The summed E-state index contributed by atoms with van der Waals surface area (Å²) in [5, 5.41) is 2.49. The van der Waals surface area contributed by atoms with E-state index in [0.717, 1.165) is 5.56 Å². The van der Waals surface area contributed by atoms with E-state index in [1.54, 1.807) is 18.2 Å². The van der Waals surface area contributed by atoms with Gasteiger partial charge < -0.3 is 16.8 Å². The quantitative estimate of drug-likeness (QED) is 0.653. The molecule has 1 unspecified atom stereocenters. The van der Waals surface area contributed by atoms with Gasteiger partial charge in [-0.25, -0.2) is 0 Å². The van der Waals surface area contributed by atoms with Crippen LogP contribution in [0.25, 0.3) is 0 Å². The van der Waals surface area contributed by atoms with E-state index in [-0.39, 0.29) is 5.91 Å². The smallest absolute Gasteiger partial charge is 0.251 e. The minimum Gasteiger partial charge on any atom is -0.368 e. The Balaban J connectivity index is 2.76. The number of nitrogens with one attached hydrogen (secondary N) is 1. The number of nitrogens with two attached hydrogens (primary N) is 2. The molecule has 1 rings (SSSR count). The zero-order chi connectivity index (χ0) is 12.1. The van der Waals surface area contributed by atoms with Crippen LogP contribution in [0.2, 0.25) is 0 Å². The van der Waals surface area contributed by atoms with Crippen LogP contribution in [0.4, 0.5) is 0 Å². The molecule has 0 fully saturated rings. The fourth-order valence-corrected chi connectivity index (χ4v) is 1.19. The summed E-state index contributed by atoms with van der Waals surface area (Å²) in [6, 6.07) is 6.22. The Labute approximate surface area is 93.8 Å². The molecule has 5 heteroatoms. The molecule has 2 amide bonds. The van der Waals surface area contributed by atoms with Crippen molar-refractivity contribution in [3.63, 3.8) is 0 Å². The van der Waals surface area contributed by atoms with E-state index in [4.69, 9.17) is 11.5 Å². The maximum absolute atomic E-state index is 11.7. The lowest BCUT2D eigenvalue weighted by atomic mass is 10.1. The SMILES string of the molecule is CC(NC(=O)c1cccc(CN)c1)C(N)=O. The Kier molecular flexibility index (Phi) is 4.02. The Hall–Kier alpha value is -1.88. The summed E-state index contributed by atoms with van der Waals surface area (Å²) in [6.07, 6.45) is 0. The number of rotatable bonds is 4. The second-order valence-electron chi connectivity index (χ2n) is 3.50. The zero-order valence-electron chi connectivity index (χ0n) is 9.07. The molecule has 0 radical (unpaired) electrons. The molecule has 0 aliphatic heterocycles. The van der Waals surface area contributed by atoms with Gasteiger partial charge in [0.2, 0.25) is 5.91 Å². The first kappa shape index (κ1) is 12.2. The summed E-state index contributed by atoms with van der Waals surface area (Å²) in [6.45, 7) is 1.90. The second kappa shape index (κ2) is 5.27. The van der Waals surface area contributed by atoms with Crippen molar-refractivity contribution in [1.82, 2.24) is 5.32 Å². The van der Waals surface area contributed by atoms with Crippen LogP contribution in [-0.2, 0) is 11.3 Å². The maximum atomic E-state index is 11.7. The van der Waals surface area contributed by atoms with Crippen LogP contribution in [0, 0.1) is 0 Å². The molecule has 1 atom stereocenters. The monoisotopic (exact) mass is 221 g/mol. The van der Waals surface area contributed by atoms with Crippen LogP contribution in [0.3, 0.4) is 0 Å². The van der Waals surface area contributed by atoms with Gasteiger partial charge in [0, 0.05) is 12.1 Å².